The van der Waals surface area contributed by atoms with Crippen LogP contribution in [0.2, 0.25) is 0 Å². The predicted molar refractivity (Wildman–Crippen MR) is 140 cm³/mol. The van der Waals surface area contributed by atoms with Gasteiger partial charge in [0.25, 0.3) is 11.8 Å². The summed E-state index contributed by atoms with van der Waals surface area (Å²) in [5.41, 5.74) is 12.1. The number of thioether (sulfide) groups is 2. The first-order chi connectivity index (χ1) is 17.7. The first kappa shape index (κ1) is 26.7. The SMILES string of the molecule is CCO/N=C(\C(=O)NC1C(=O)N2C(C(=O)O)=C(CSc3nc(N)cc[n+]3CC)CS[C@H]12)c1csc(N)n1. The van der Waals surface area contributed by atoms with Crippen LogP contribution in [0.3, 0.4) is 0 Å². The third-order valence-corrected chi connectivity index (χ3v) is 8.50. The average Bonchev–Trinajstić information content (AvgIpc) is 3.31. The number of anilines is 2. The zero-order valence-corrected chi connectivity index (χ0v) is 22.4. The smallest absolute Gasteiger partial charge is 0.361 e. The van der Waals surface area contributed by atoms with Crippen LogP contribution in [0.5, 0.6) is 0 Å². The summed E-state index contributed by atoms with van der Waals surface area (Å²) in [6.07, 6.45) is 1.82. The number of fused-ring (bicyclic) bond motifs is 1. The van der Waals surface area contributed by atoms with Gasteiger partial charge in [-0.05, 0) is 36.2 Å². The third kappa shape index (κ3) is 5.50. The molecular weight excluding hydrogens is 540 g/mol. The molecule has 0 saturated carbocycles. The highest BCUT2D eigenvalue weighted by Crippen LogP contribution is 2.41. The minimum absolute atomic E-state index is 0.0748. The van der Waals surface area contributed by atoms with Crippen molar-refractivity contribution in [2.45, 2.75) is 37.0 Å². The third-order valence-electron chi connectivity index (χ3n) is 5.41. The molecule has 6 N–H and O–H groups in total. The lowest BCUT2D eigenvalue weighted by atomic mass is 10.0. The van der Waals surface area contributed by atoms with Gasteiger partial charge in [0.1, 0.15) is 29.4 Å². The van der Waals surface area contributed by atoms with Crippen LogP contribution in [-0.2, 0) is 25.8 Å². The summed E-state index contributed by atoms with van der Waals surface area (Å²) >= 11 is 3.86. The van der Waals surface area contributed by atoms with Crippen LogP contribution in [0.1, 0.15) is 19.5 Å². The molecule has 2 aromatic heterocycles. The summed E-state index contributed by atoms with van der Waals surface area (Å²) in [7, 11) is 0. The largest absolute Gasteiger partial charge is 0.477 e. The molecular formula is C21H25N8O5S3+. The lowest BCUT2D eigenvalue weighted by molar-refractivity contribution is -0.733. The highest BCUT2D eigenvalue weighted by Gasteiger charge is 2.54. The number of aromatic nitrogens is 3. The number of carboxylic acids is 1. The number of hydrogen-bond acceptors (Lipinski definition) is 12. The predicted octanol–water partition coefficient (Wildman–Crippen LogP) is 0.281. The van der Waals surface area contributed by atoms with Gasteiger partial charge in [-0.1, -0.05) is 5.16 Å². The van der Waals surface area contributed by atoms with Crippen LogP contribution in [-0.4, -0.2) is 73.0 Å². The van der Waals surface area contributed by atoms with Gasteiger partial charge in [0.15, 0.2) is 10.8 Å². The van der Waals surface area contributed by atoms with Crippen molar-refractivity contribution in [1.29, 1.82) is 0 Å². The minimum Gasteiger partial charge on any atom is -0.477 e. The molecule has 1 saturated heterocycles. The number of nitrogens with two attached hydrogens (primary N) is 2. The van der Waals surface area contributed by atoms with Crippen molar-refractivity contribution in [2.24, 2.45) is 5.16 Å². The van der Waals surface area contributed by atoms with E-state index in [4.69, 9.17) is 16.3 Å². The Morgan fingerprint density at radius 3 is 2.81 bits per heavy atom. The van der Waals surface area contributed by atoms with Crippen molar-refractivity contribution >= 4 is 69.3 Å². The molecule has 2 aromatic rings. The molecule has 4 heterocycles. The molecule has 13 nitrogen and oxygen atoms in total. The van der Waals surface area contributed by atoms with Crippen LogP contribution in [0, 0.1) is 0 Å². The number of nitrogens with one attached hydrogen (secondary N) is 1. The van der Waals surface area contributed by atoms with Gasteiger partial charge in [-0.2, -0.15) is 0 Å². The fraction of sp³-hybridized carbons (Fsp3) is 0.381. The number of aryl methyl sites for hydroxylation is 1. The van der Waals surface area contributed by atoms with E-state index in [9.17, 15) is 19.5 Å². The van der Waals surface area contributed by atoms with Crippen molar-refractivity contribution in [1.82, 2.24) is 20.2 Å². The van der Waals surface area contributed by atoms with Crippen molar-refractivity contribution < 1.29 is 28.9 Å². The maximum atomic E-state index is 13.0. The second-order valence-electron chi connectivity index (χ2n) is 7.76. The number of carboxylic acid groups (broad SMARTS) is 1. The van der Waals surface area contributed by atoms with Gasteiger partial charge in [-0.25, -0.2) is 14.3 Å². The second-order valence-corrected chi connectivity index (χ2v) is 10.7. The molecule has 1 unspecified atom stereocenters. The van der Waals surface area contributed by atoms with E-state index in [0.717, 1.165) is 11.3 Å². The van der Waals surface area contributed by atoms with Crippen molar-refractivity contribution in [3.05, 3.63) is 34.6 Å². The number of hydrogen-bond donors (Lipinski definition) is 4. The Morgan fingerprint density at radius 1 is 1.38 bits per heavy atom. The van der Waals surface area contributed by atoms with Gasteiger partial charge in [0, 0.05) is 23.0 Å². The van der Waals surface area contributed by atoms with E-state index in [1.807, 2.05) is 17.7 Å². The Kier molecular flexibility index (Phi) is 8.19. The Hall–Kier alpha value is -3.37. The summed E-state index contributed by atoms with van der Waals surface area (Å²) < 4.78 is 1.90. The molecule has 2 aliphatic rings. The number of β-lactam (4-membered cyclic amide) rings is 1. The van der Waals surface area contributed by atoms with Gasteiger partial charge >= 0.3 is 11.1 Å². The normalized spacial score (nSPS) is 19.4. The van der Waals surface area contributed by atoms with Crippen LogP contribution in [0.15, 0.2) is 39.2 Å². The van der Waals surface area contributed by atoms with E-state index in [0.29, 0.717) is 34.6 Å². The molecule has 196 valence electrons. The average molecular weight is 566 g/mol. The van der Waals surface area contributed by atoms with Crippen LogP contribution in [0.25, 0.3) is 0 Å². The Balaban J connectivity index is 1.50. The highest BCUT2D eigenvalue weighted by atomic mass is 32.2. The molecule has 2 amide bonds. The van der Waals surface area contributed by atoms with E-state index < -0.39 is 29.2 Å². The number of aliphatic carboxylic acids is 1. The Morgan fingerprint density at radius 2 is 2.16 bits per heavy atom. The fourth-order valence-corrected chi connectivity index (χ4v) is 6.77. The molecule has 0 aromatic carbocycles. The number of oxime groups is 1. The Labute approximate surface area is 224 Å². The standard InChI is InChI=1S/C21H24N8O5S3/c1-3-28-6-5-12(22)25-21(28)37-8-10-7-35-18-14(17(31)29(18)15(10)19(32)33)26-16(30)13(27-34-4-2)11-9-36-20(23)24-11/h5-6,9,14,18,22H,3-4,7-8H2,1-2H3,(H4,23,24,26,30,32,33)/p+1/b27-13-/t14?,18-/m1/s1. The molecule has 0 radical (unpaired) electrons. The minimum atomic E-state index is -1.21. The quantitative estimate of drug-likeness (QED) is 0.0773. The second kappa shape index (κ2) is 11.4. The first-order valence-electron chi connectivity index (χ1n) is 11.2. The van der Waals surface area contributed by atoms with Crippen LogP contribution < -0.4 is 21.4 Å². The molecule has 37 heavy (non-hydrogen) atoms. The lowest BCUT2D eigenvalue weighted by Crippen LogP contribution is -2.71. The molecule has 0 spiro atoms. The van der Waals surface area contributed by atoms with Gasteiger partial charge in [0.05, 0.1) is 12.7 Å². The molecule has 2 atom stereocenters. The fourth-order valence-electron chi connectivity index (χ4n) is 3.68. The van der Waals surface area contributed by atoms with E-state index in [-0.39, 0.29) is 28.8 Å². The maximum Gasteiger partial charge on any atom is 0.361 e. The zero-order chi connectivity index (χ0) is 26.7. The first-order valence-corrected chi connectivity index (χ1v) is 14.1. The topological polar surface area (TPSA) is 190 Å². The van der Waals surface area contributed by atoms with E-state index >= 15 is 0 Å². The van der Waals surface area contributed by atoms with Crippen LogP contribution in [0.4, 0.5) is 10.9 Å². The van der Waals surface area contributed by atoms with Gasteiger partial charge in [-0.3, -0.25) is 14.5 Å². The lowest BCUT2D eigenvalue weighted by Gasteiger charge is -2.49. The van der Waals surface area contributed by atoms with Crippen molar-refractivity contribution in [3.8, 4) is 0 Å². The van der Waals surface area contributed by atoms with E-state index in [1.165, 1.54) is 28.4 Å². The number of carbonyl (C=O) groups is 3. The van der Waals surface area contributed by atoms with Crippen LogP contribution >= 0.6 is 34.9 Å². The summed E-state index contributed by atoms with van der Waals surface area (Å²) in [4.78, 5) is 52.9. The molecule has 0 bridgehead atoms. The molecule has 16 heteroatoms. The maximum absolute atomic E-state index is 13.0. The summed E-state index contributed by atoms with van der Waals surface area (Å²) in [5.74, 6) is -1.36. The number of carbonyl (C=O) groups excluding carboxylic acids is 2. The summed E-state index contributed by atoms with van der Waals surface area (Å²) in [5, 5.41) is 18.3. The van der Waals surface area contributed by atoms with Gasteiger partial charge < -0.3 is 26.7 Å². The molecule has 1 fully saturated rings. The number of amides is 2. The number of rotatable bonds is 10. The molecule has 4 rings (SSSR count). The number of thiazole rings is 1. The van der Waals surface area contributed by atoms with Gasteiger partial charge in [-0.15, -0.1) is 23.1 Å². The summed E-state index contributed by atoms with van der Waals surface area (Å²) in [6.45, 7) is 4.57. The monoisotopic (exact) mass is 565 g/mol. The summed E-state index contributed by atoms with van der Waals surface area (Å²) in [6, 6.07) is 0.763. The zero-order valence-electron chi connectivity index (χ0n) is 19.9. The molecule has 2 aliphatic heterocycles. The van der Waals surface area contributed by atoms with E-state index in [2.05, 4.69) is 20.4 Å². The number of nitrogen functional groups attached to an aromatic ring is 2. The Bertz CT molecular complexity index is 1300. The molecule has 0 aliphatic carbocycles. The number of nitrogens with zero attached hydrogens (tertiary/aromatic N) is 5. The van der Waals surface area contributed by atoms with E-state index in [1.54, 1.807) is 18.4 Å². The highest BCUT2D eigenvalue weighted by molar-refractivity contribution is 8.01. The van der Waals surface area contributed by atoms with Crippen molar-refractivity contribution in [3.63, 3.8) is 0 Å². The van der Waals surface area contributed by atoms with Crippen molar-refractivity contribution in [2.75, 3.05) is 29.6 Å². The van der Waals surface area contributed by atoms with Gasteiger partial charge in [0.2, 0.25) is 5.82 Å².